The molecule has 1 aromatic rings. The summed E-state index contributed by atoms with van der Waals surface area (Å²) in [5.41, 5.74) is 8.31. The lowest BCUT2D eigenvalue weighted by atomic mass is 10.1. The molecule has 0 amide bonds. The van der Waals surface area contributed by atoms with Crippen molar-refractivity contribution < 1.29 is 4.74 Å². The Morgan fingerprint density at radius 3 is 2.80 bits per heavy atom. The number of nitrogens with two attached hydrogens (primary N) is 1. The molecule has 3 heteroatoms. The SMILES string of the molecule is CCC1CCCCCN1c1cccc(OC(C)C)c1N. The number of anilines is 2. The number of hydrogen-bond acceptors (Lipinski definition) is 3. The van der Waals surface area contributed by atoms with E-state index in [1.807, 2.05) is 19.9 Å². The number of nitrogen functional groups attached to an aromatic ring is 1. The van der Waals surface area contributed by atoms with E-state index in [0.717, 1.165) is 23.7 Å². The van der Waals surface area contributed by atoms with E-state index in [1.54, 1.807) is 0 Å². The van der Waals surface area contributed by atoms with Crippen LogP contribution in [0.3, 0.4) is 0 Å². The molecule has 0 radical (unpaired) electrons. The van der Waals surface area contributed by atoms with E-state index in [-0.39, 0.29) is 6.10 Å². The highest BCUT2D eigenvalue weighted by Crippen LogP contribution is 2.36. The Morgan fingerprint density at radius 1 is 1.30 bits per heavy atom. The summed E-state index contributed by atoms with van der Waals surface area (Å²) < 4.78 is 5.82. The smallest absolute Gasteiger partial charge is 0.144 e. The van der Waals surface area contributed by atoms with Gasteiger partial charge in [-0.2, -0.15) is 0 Å². The van der Waals surface area contributed by atoms with Crippen LogP contribution in [0.2, 0.25) is 0 Å². The Morgan fingerprint density at radius 2 is 2.10 bits per heavy atom. The molecule has 1 aromatic carbocycles. The van der Waals surface area contributed by atoms with E-state index in [2.05, 4.69) is 24.0 Å². The highest BCUT2D eigenvalue weighted by molar-refractivity contribution is 5.74. The Labute approximate surface area is 123 Å². The second kappa shape index (κ2) is 6.87. The monoisotopic (exact) mass is 276 g/mol. The average molecular weight is 276 g/mol. The third-order valence-corrected chi connectivity index (χ3v) is 4.06. The van der Waals surface area contributed by atoms with Crippen molar-refractivity contribution in [1.29, 1.82) is 0 Å². The molecule has 0 bridgehead atoms. The Bertz CT molecular complexity index is 431. The summed E-state index contributed by atoms with van der Waals surface area (Å²) in [5.74, 6) is 0.816. The number of nitrogens with zero attached hydrogens (tertiary/aromatic N) is 1. The third kappa shape index (κ3) is 3.38. The second-order valence-electron chi connectivity index (χ2n) is 5.96. The van der Waals surface area contributed by atoms with Gasteiger partial charge in [0.15, 0.2) is 0 Å². The fourth-order valence-electron chi connectivity index (χ4n) is 3.06. The Hall–Kier alpha value is -1.38. The van der Waals surface area contributed by atoms with Crippen LogP contribution in [0.25, 0.3) is 0 Å². The van der Waals surface area contributed by atoms with E-state index in [9.17, 15) is 0 Å². The van der Waals surface area contributed by atoms with Gasteiger partial charge in [0, 0.05) is 12.6 Å². The van der Waals surface area contributed by atoms with E-state index < -0.39 is 0 Å². The summed E-state index contributed by atoms with van der Waals surface area (Å²) in [6.45, 7) is 7.45. The summed E-state index contributed by atoms with van der Waals surface area (Å²) in [5, 5.41) is 0. The van der Waals surface area contributed by atoms with Crippen LogP contribution in [0.1, 0.15) is 52.9 Å². The molecule has 2 rings (SSSR count). The van der Waals surface area contributed by atoms with Gasteiger partial charge in [-0.25, -0.2) is 0 Å². The summed E-state index contributed by atoms with van der Waals surface area (Å²) in [7, 11) is 0. The molecule has 0 aromatic heterocycles. The molecular weight excluding hydrogens is 248 g/mol. The van der Waals surface area contributed by atoms with Crippen LogP contribution >= 0.6 is 0 Å². The van der Waals surface area contributed by atoms with Crippen molar-refractivity contribution in [3.05, 3.63) is 18.2 Å². The molecule has 0 aliphatic carbocycles. The van der Waals surface area contributed by atoms with Gasteiger partial charge in [0.2, 0.25) is 0 Å². The van der Waals surface area contributed by atoms with Gasteiger partial charge >= 0.3 is 0 Å². The molecule has 1 heterocycles. The van der Waals surface area contributed by atoms with Gasteiger partial charge in [-0.15, -0.1) is 0 Å². The first-order chi connectivity index (χ1) is 9.63. The number of benzene rings is 1. The molecular formula is C17H28N2O. The van der Waals surface area contributed by atoms with Crippen LogP contribution in [0.5, 0.6) is 5.75 Å². The van der Waals surface area contributed by atoms with Crippen molar-refractivity contribution in [2.75, 3.05) is 17.2 Å². The first kappa shape index (κ1) is 15.0. The lowest BCUT2D eigenvalue weighted by Gasteiger charge is -2.33. The van der Waals surface area contributed by atoms with Gasteiger partial charge in [-0.1, -0.05) is 25.8 Å². The molecule has 0 spiro atoms. The van der Waals surface area contributed by atoms with Crippen LogP contribution in [0.15, 0.2) is 18.2 Å². The van der Waals surface area contributed by atoms with Gasteiger partial charge in [0.25, 0.3) is 0 Å². The summed E-state index contributed by atoms with van der Waals surface area (Å²) >= 11 is 0. The first-order valence-corrected chi connectivity index (χ1v) is 7.95. The second-order valence-corrected chi connectivity index (χ2v) is 5.96. The number of ether oxygens (including phenoxy) is 1. The zero-order valence-corrected chi connectivity index (χ0v) is 13.1. The van der Waals surface area contributed by atoms with Gasteiger partial charge in [0.05, 0.1) is 17.5 Å². The zero-order chi connectivity index (χ0) is 14.5. The van der Waals surface area contributed by atoms with Crippen molar-refractivity contribution in [3.8, 4) is 5.75 Å². The topological polar surface area (TPSA) is 38.5 Å². The van der Waals surface area contributed by atoms with Crippen molar-refractivity contribution in [2.24, 2.45) is 0 Å². The standard InChI is InChI=1S/C17H28N2O/c1-4-14-9-6-5-7-12-19(14)15-10-8-11-16(17(15)18)20-13(2)3/h8,10-11,13-14H,4-7,9,12,18H2,1-3H3. The van der Waals surface area contributed by atoms with E-state index >= 15 is 0 Å². The van der Waals surface area contributed by atoms with Gasteiger partial charge in [-0.05, 0) is 45.2 Å². The molecule has 1 saturated heterocycles. The summed E-state index contributed by atoms with van der Waals surface area (Å²) in [6.07, 6.45) is 6.51. The predicted octanol–water partition coefficient (Wildman–Crippen LogP) is 4.22. The molecule has 1 fully saturated rings. The van der Waals surface area contributed by atoms with Crippen LogP contribution in [0, 0.1) is 0 Å². The lowest BCUT2D eigenvalue weighted by molar-refractivity contribution is 0.244. The maximum Gasteiger partial charge on any atom is 0.144 e. The fourth-order valence-corrected chi connectivity index (χ4v) is 3.06. The van der Waals surface area contributed by atoms with E-state index in [1.165, 1.54) is 32.1 Å². The van der Waals surface area contributed by atoms with Gasteiger partial charge in [0.1, 0.15) is 5.75 Å². The molecule has 1 aliphatic heterocycles. The van der Waals surface area contributed by atoms with Crippen molar-refractivity contribution in [2.45, 2.75) is 65.0 Å². The first-order valence-electron chi connectivity index (χ1n) is 7.95. The Kier molecular flexibility index (Phi) is 5.16. The lowest BCUT2D eigenvalue weighted by Crippen LogP contribution is -2.35. The quantitative estimate of drug-likeness (QED) is 0.837. The molecule has 3 nitrogen and oxygen atoms in total. The predicted molar refractivity (Wildman–Crippen MR) is 86.5 cm³/mol. The molecule has 1 atom stereocenters. The average Bonchev–Trinajstić information content (AvgIpc) is 2.65. The zero-order valence-electron chi connectivity index (χ0n) is 13.1. The van der Waals surface area contributed by atoms with E-state index in [4.69, 9.17) is 10.5 Å². The van der Waals surface area contributed by atoms with Crippen molar-refractivity contribution >= 4 is 11.4 Å². The largest absolute Gasteiger partial charge is 0.489 e. The Balaban J connectivity index is 2.29. The summed E-state index contributed by atoms with van der Waals surface area (Å²) in [6, 6.07) is 6.77. The van der Waals surface area contributed by atoms with Crippen LogP contribution in [0.4, 0.5) is 11.4 Å². The highest BCUT2D eigenvalue weighted by atomic mass is 16.5. The van der Waals surface area contributed by atoms with Gasteiger partial charge in [-0.3, -0.25) is 0 Å². The normalized spacial score (nSPS) is 20.0. The molecule has 0 saturated carbocycles. The molecule has 20 heavy (non-hydrogen) atoms. The number of para-hydroxylation sites is 1. The van der Waals surface area contributed by atoms with E-state index in [0.29, 0.717) is 6.04 Å². The third-order valence-electron chi connectivity index (χ3n) is 4.06. The van der Waals surface area contributed by atoms with Crippen molar-refractivity contribution in [3.63, 3.8) is 0 Å². The van der Waals surface area contributed by atoms with Crippen molar-refractivity contribution in [1.82, 2.24) is 0 Å². The molecule has 1 aliphatic rings. The maximum atomic E-state index is 6.36. The summed E-state index contributed by atoms with van der Waals surface area (Å²) in [4.78, 5) is 2.50. The highest BCUT2D eigenvalue weighted by Gasteiger charge is 2.22. The van der Waals surface area contributed by atoms with Crippen LogP contribution < -0.4 is 15.4 Å². The minimum absolute atomic E-state index is 0.152. The molecule has 112 valence electrons. The van der Waals surface area contributed by atoms with Crippen LogP contribution in [-0.2, 0) is 0 Å². The minimum Gasteiger partial charge on any atom is -0.489 e. The number of hydrogen-bond donors (Lipinski definition) is 1. The molecule has 1 unspecified atom stereocenters. The van der Waals surface area contributed by atoms with Crippen LogP contribution in [-0.4, -0.2) is 18.7 Å². The van der Waals surface area contributed by atoms with Gasteiger partial charge < -0.3 is 15.4 Å². The molecule has 2 N–H and O–H groups in total. The number of rotatable bonds is 4. The maximum absolute atomic E-state index is 6.36. The minimum atomic E-state index is 0.152. The fraction of sp³-hybridized carbons (Fsp3) is 0.647.